The summed E-state index contributed by atoms with van der Waals surface area (Å²) in [6.45, 7) is 5.57. The molecule has 1 saturated carbocycles. The number of rotatable bonds is 5. The van der Waals surface area contributed by atoms with Gasteiger partial charge in [0.05, 0.1) is 0 Å². The molecule has 112 valence electrons. The fraction of sp³-hybridized carbons (Fsp3) is 0.500. The number of hydrogen-bond donors (Lipinski definition) is 1. The standard InChI is InChI=1S/C18H23NO2/c1-3-10-19(13-16-8-9-16)18(21)17-12-15(5-4-11-20)7-6-14(17)2/h6-7,12,16,20H,3,8-11,13H2,1-2H3. The van der Waals surface area contributed by atoms with Crippen molar-refractivity contribution < 1.29 is 9.90 Å². The second-order valence-electron chi connectivity index (χ2n) is 5.68. The van der Waals surface area contributed by atoms with Gasteiger partial charge in [0.25, 0.3) is 5.91 Å². The largest absolute Gasteiger partial charge is 0.384 e. The molecule has 3 nitrogen and oxygen atoms in total. The van der Waals surface area contributed by atoms with E-state index >= 15 is 0 Å². The Labute approximate surface area is 127 Å². The minimum Gasteiger partial charge on any atom is -0.384 e. The Bertz CT molecular complexity index is 564. The van der Waals surface area contributed by atoms with Crippen LogP contribution in [0.1, 0.15) is 47.7 Å². The minimum atomic E-state index is -0.166. The molecular weight excluding hydrogens is 262 g/mol. The molecule has 1 amide bonds. The van der Waals surface area contributed by atoms with E-state index in [4.69, 9.17) is 5.11 Å². The van der Waals surface area contributed by atoms with Gasteiger partial charge in [-0.15, -0.1) is 0 Å². The first-order chi connectivity index (χ1) is 10.2. The molecule has 0 atom stereocenters. The molecule has 1 aliphatic rings. The lowest BCUT2D eigenvalue weighted by Gasteiger charge is -2.23. The molecule has 0 aliphatic heterocycles. The first-order valence-electron chi connectivity index (χ1n) is 7.65. The summed E-state index contributed by atoms with van der Waals surface area (Å²) in [4.78, 5) is 14.7. The van der Waals surface area contributed by atoms with Crippen molar-refractivity contribution in [3.63, 3.8) is 0 Å². The van der Waals surface area contributed by atoms with Crippen LogP contribution >= 0.6 is 0 Å². The van der Waals surface area contributed by atoms with E-state index in [1.807, 2.05) is 30.0 Å². The zero-order chi connectivity index (χ0) is 15.2. The van der Waals surface area contributed by atoms with E-state index in [2.05, 4.69) is 18.8 Å². The molecule has 1 aliphatic carbocycles. The molecule has 0 bridgehead atoms. The van der Waals surface area contributed by atoms with Crippen molar-refractivity contribution in [1.29, 1.82) is 0 Å². The average molecular weight is 285 g/mol. The number of aryl methyl sites for hydroxylation is 1. The van der Waals surface area contributed by atoms with E-state index in [1.54, 1.807) is 0 Å². The maximum absolute atomic E-state index is 12.8. The number of hydrogen-bond acceptors (Lipinski definition) is 2. The topological polar surface area (TPSA) is 40.5 Å². The molecule has 0 radical (unpaired) electrons. The molecule has 1 N–H and O–H groups in total. The number of carbonyl (C=O) groups is 1. The Hall–Kier alpha value is -1.79. The Morgan fingerprint density at radius 1 is 1.43 bits per heavy atom. The summed E-state index contributed by atoms with van der Waals surface area (Å²) in [7, 11) is 0. The van der Waals surface area contributed by atoms with Gasteiger partial charge < -0.3 is 10.0 Å². The normalized spacial score (nSPS) is 13.5. The monoisotopic (exact) mass is 285 g/mol. The van der Waals surface area contributed by atoms with E-state index in [0.717, 1.165) is 36.2 Å². The van der Waals surface area contributed by atoms with Crippen LogP contribution in [0, 0.1) is 24.7 Å². The average Bonchev–Trinajstić information content (AvgIpc) is 3.29. The van der Waals surface area contributed by atoms with Crippen molar-refractivity contribution in [2.45, 2.75) is 33.1 Å². The van der Waals surface area contributed by atoms with Crippen molar-refractivity contribution in [3.8, 4) is 11.8 Å². The molecule has 1 fully saturated rings. The lowest BCUT2D eigenvalue weighted by molar-refractivity contribution is 0.0747. The second-order valence-corrected chi connectivity index (χ2v) is 5.68. The van der Waals surface area contributed by atoms with Gasteiger partial charge in [0, 0.05) is 24.2 Å². The van der Waals surface area contributed by atoms with Crippen molar-refractivity contribution in [1.82, 2.24) is 4.90 Å². The highest BCUT2D eigenvalue weighted by Gasteiger charge is 2.27. The molecule has 1 aromatic carbocycles. The predicted octanol–water partition coefficient (Wildman–Crippen LogP) is 2.60. The van der Waals surface area contributed by atoms with Gasteiger partial charge in [-0.05, 0) is 49.8 Å². The van der Waals surface area contributed by atoms with Crippen LogP contribution in [0.5, 0.6) is 0 Å². The summed E-state index contributed by atoms with van der Waals surface area (Å²) in [6.07, 6.45) is 3.46. The molecule has 0 saturated heterocycles. The highest BCUT2D eigenvalue weighted by molar-refractivity contribution is 5.96. The van der Waals surface area contributed by atoms with Crippen molar-refractivity contribution in [2.24, 2.45) is 5.92 Å². The van der Waals surface area contributed by atoms with E-state index in [0.29, 0.717) is 5.92 Å². The highest BCUT2D eigenvalue weighted by atomic mass is 16.2. The third-order valence-corrected chi connectivity index (χ3v) is 3.74. The molecule has 0 aromatic heterocycles. The van der Waals surface area contributed by atoms with Gasteiger partial charge in [-0.3, -0.25) is 4.79 Å². The molecule has 0 spiro atoms. The summed E-state index contributed by atoms with van der Waals surface area (Å²) in [5.41, 5.74) is 2.49. The number of nitrogens with zero attached hydrogens (tertiary/aromatic N) is 1. The fourth-order valence-electron chi connectivity index (χ4n) is 2.40. The van der Waals surface area contributed by atoms with Crippen LogP contribution in [-0.2, 0) is 0 Å². The summed E-state index contributed by atoms with van der Waals surface area (Å²) >= 11 is 0. The van der Waals surface area contributed by atoms with E-state index in [-0.39, 0.29) is 12.5 Å². The SMILES string of the molecule is CCCN(CC1CC1)C(=O)c1cc(C#CCO)ccc1C. The molecule has 1 aromatic rings. The third kappa shape index (κ3) is 4.34. The zero-order valence-corrected chi connectivity index (χ0v) is 12.9. The lowest BCUT2D eigenvalue weighted by Crippen LogP contribution is -2.34. The summed E-state index contributed by atoms with van der Waals surface area (Å²) in [5.74, 6) is 6.30. The minimum absolute atomic E-state index is 0.105. The highest BCUT2D eigenvalue weighted by Crippen LogP contribution is 2.30. The van der Waals surface area contributed by atoms with Crippen LogP contribution in [0.25, 0.3) is 0 Å². The molecule has 3 heteroatoms. The first-order valence-corrected chi connectivity index (χ1v) is 7.65. The molecule has 21 heavy (non-hydrogen) atoms. The smallest absolute Gasteiger partial charge is 0.254 e. The van der Waals surface area contributed by atoms with Gasteiger partial charge in [-0.1, -0.05) is 24.8 Å². The van der Waals surface area contributed by atoms with Crippen molar-refractivity contribution in [3.05, 3.63) is 34.9 Å². The van der Waals surface area contributed by atoms with Crippen LogP contribution in [0.4, 0.5) is 0 Å². The van der Waals surface area contributed by atoms with Crippen LogP contribution in [-0.4, -0.2) is 35.6 Å². The van der Waals surface area contributed by atoms with Crippen LogP contribution in [0.3, 0.4) is 0 Å². The van der Waals surface area contributed by atoms with Gasteiger partial charge in [-0.2, -0.15) is 0 Å². The van der Waals surface area contributed by atoms with Gasteiger partial charge >= 0.3 is 0 Å². The van der Waals surface area contributed by atoms with Gasteiger partial charge in [0.15, 0.2) is 0 Å². The number of aliphatic hydroxyl groups is 1. The molecule has 0 heterocycles. The van der Waals surface area contributed by atoms with E-state index in [1.165, 1.54) is 12.8 Å². The van der Waals surface area contributed by atoms with Gasteiger partial charge in [-0.25, -0.2) is 0 Å². The summed E-state index contributed by atoms with van der Waals surface area (Å²) in [6, 6.07) is 5.66. The van der Waals surface area contributed by atoms with Crippen LogP contribution in [0.2, 0.25) is 0 Å². The molecular formula is C18H23NO2. The lowest BCUT2D eigenvalue weighted by atomic mass is 10.0. The van der Waals surface area contributed by atoms with Crippen molar-refractivity contribution in [2.75, 3.05) is 19.7 Å². The first kappa shape index (κ1) is 15.6. The second kappa shape index (κ2) is 7.28. The van der Waals surface area contributed by atoms with E-state index in [9.17, 15) is 4.79 Å². The number of amides is 1. The quantitative estimate of drug-likeness (QED) is 0.845. The van der Waals surface area contributed by atoms with Crippen molar-refractivity contribution >= 4 is 5.91 Å². The van der Waals surface area contributed by atoms with Crippen LogP contribution in [0.15, 0.2) is 18.2 Å². The van der Waals surface area contributed by atoms with E-state index < -0.39 is 0 Å². The number of aliphatic hydroxyl groups excluding tert-OH is 1. The Kier molecular flexibility index (Phi) is 5.41. The summed E-state index contributed by atoms with van der Waals surface area (Å²) in [5, 5.41) is 8.78. The van der Waals surface area contributed by atoms with Crippen LogP contribution < -0.4 is 0 Å². The predicted molar refractivity (Wildman–Crippen MR) is 84.1 cm³/mol. The van der Waals surface area contributed by atoms with Gasteiger partial charge in [0.1, 0.15) is 6.61 Å². The fourth-order valence-corrected chi connectivity index (χ4v) is 2.40. The maximum atomic E-state index is 12.8. The maximum Gasteiger partial charge on any atom is 0.254 e. The molecule has 0 unspecified atom stereocenters. The third-order valence-electron chi connectivity index (χ3n) is 3.74. The molecule has 2 rings (SSSR count). The Morgan fingerprint density at radius 3 is 2.81 bits per heavy atom. The Balaban J connectivity index is 2.22. The summed E-state index contributed by atoms with van der Waals surface area (Å²) < 4.78 is 0. The number of benzene rings is 1. The Morgan fingerprint density at radius 2 is 2.19 bits per heavy atom. The van der Waals surface area contributed by atoms with Gasteiger partial charge in [0.2, 0.25) is 0 Å². The number of carbonyl (C=O) groups excluding carboxylic acids is 1. The zero-order valence-electron chi connectivity index (χ0n) is 12.9.